The molecule has 0 heterocycles. The predicted molar refractivity (Wildman–Crippen MR) is 31.0 cm³/mol. The van der Waals surface area contributed by atoms with Crippen LogP contribution in [0, 0.1) is 0 Å². The first-order valence-electron chi connectivity index (χ1n) is 2.79. The van der Waals surface area contributed by atoms with E-state index in [0.717, 1.165) is 6.08 Å². The van der Waals surface area contributed by atoms with Crippen molar-refractivity contribution in [2.75, 3.05) is 0 Å². The lowest BCUT2D eigenvalue weighted by molar-refractivity contribution is 0.438. The molecule has 0 amide bonds. The molecule has 1 aliphatic carbocycles. The number of hydrogen-bond acceptors (Lipinski definition) is 1. The van der Waals surface area contributed by atoms with E-state index in [4.69, 9.17) is 5.73 Å². The summed E-state index contributed by atoms with van der Waals surface area (Å²) in [6.07, 6.45) is 0.953. The Hall–Kier alpha value is -0.770. The number of rotatable bonds is 0. The molecule has 0 saturated carbocycles. The third-order valence-corrected chi connectivity index (χ3v) is 1.30. The summed E-state index contributed by atoms with van der Waals surface area (Å²) in [7, 11) is 0. The maximum absolute atomic E-state index is 12.3. The van der Waals surface area contributed by atoms with Gasteiger partial charge in [0.25, 0.3) is 0 Å². The molecule has 0 bridgehead atoms. The first kappa shape index (κ1) is 7.34. The fraction of sp³-hybridized carbons (Fsp3) is 0.333. The van der Waals surface area contributed by atoms with Gasteiger partial charge in [0.1, 0.15) is 0 Å². The van der Waals surface area contributed by atoms with Crippen LogP contribution in [0.5, 0.6) is 0 Å². The number of halogens is 3. The van der Waals surface area contributed by atoms with Crippen LogP contribution in [-0.2, 0) is 0 Å². The molecule has 2 N–H and O–H groups in total. The lowest BCUT2D eigenvalue weighted by Gasteiger charge is -2.11. The summed E-state index contributed by atoms with van der Waals surface area (Å²) in [5, 5.41) is 0. The molecule has 10 heavy (non-hydrogen) atoms. The van der Waals surface area contributed by atoms with Crippen LogP contribution in [0.15, 0.2) is 23.6 Å². The minimum absolute atomic E-state index is 0.0189. The van der Waals surface area contributed by atoms with E-state index >= 15 is 0 Å². The molecule has 1 rings (SSSR count). The van der Waals surface area contributed by atoms with E-state index in [1.807, 2.05) is 0 Å². The van der Waals surface area contributed by atoms with Gasteiger partial charge < -0.3 is 5.73 Å². The maximum atomic E-state index is 12.3. The van der Waals surface area contributed by atoms with Crippen molar-refractivity contribution in [3.63, 3.8) is 0 Å². The van der Waals surface area contributed by atoms with Gasteiger partial charge in [0.2, 0.25) is 0 Å². The highest BCUT2D eigenvalue weighted by atomic mass is 19.2. The highest BCUT2D eigenvalue weighted by molar-refractivity contribution is 5.29. The molecule has 1 aliphatic rings. The van der Waals surface area contributed by atoms with Crippen LogP contribution >= 0.6 is 0 Å². The Morgan fingerprint density at radius 3 is 2.50 bits per heavy atom. The third-order valence-electron chi connectivity index (χ3n) is 1.30. The summed E-state index contributed by atoms with van der Waals surface area (Å²) < 4.78 is 36.7. The van der Waals surface area contributed by atoms with Crippen LogP contribution in [0.25, 0.3) is 0 Å². The van der Waals surface area contributed by atoms with Crippen LogP contribution < -0.4 is 5.73 Å². The molecule has 0 aromatic carbocycles. The van der Waals surface area contributed by atoms with Gasteiger partial charge in [-0.1, -0.05) is 0 Å². The van der Waals surface area contributed by atoms with Gasteiger partial charge in [0.15, 0.2) is 17.5 Å². The minimum Gasteiger partial charge on any atom is -0.322 e. The fourth-order valence-corrected chi connectivity index (χ4v) is 0.700. The number of allylic oxidation sites excluding steroid dienone is 2. The van der Waals surface area contributed by atoms with E-state index in [1.54, 1.807) is 0 Å². The van der Waals surface area contributed by atoms with E-state index < -0.39 is 23.5 Å². The van der Waals surface area contributed by atoms with Crippen LogP contribution in [0.3, 0.4) is 0 Å². The van der Waals surface area contributed by atoms with Gasteiger partial charge in [-0.05, 0) is 12.5 Å². The Labute approximate surface area is 56.0 Å². The average Bonchev–Trinajstić information content (AvgIpc) is 1.93. The first-order valence-corrected chi connectivity index (χ1v) is 2.79. The van der Waals surface area contributed by atoms with Gasteiger partial charge >= 0.3 is 0 Å². The van der Waals surface area contributed by atoms with Crippen molar-refractivity contribution in [1.29, 1.82) is 0 Å². The number of hydrogen-bond donors (Lipinski definition) is 1. The summed E-state index contributed by atoms with van der Waals surface area (Å²) >= 11 is 0. The second-order valence-electron chi connectivity index (χ2n) is 2.06. The van der Waals surface area contributed by atoms with Gasteiger partial charge in [-0.25, -0.2) is 13.2 Å². The molecule has 0 aliphatic heterocycles. The zero-order valence-corrected chi connectivity index (χ0v) is 5.07. The Morgan fingerprint density at radius 2 is 2.00 bits per heavy atom. The number of nitrogens with two attached hydrogens (primary N) is 1. The van der Waals surface area contributed by atoms with Crippen molar-refractivity contribution in [2.24, 2.45) is 5.73 Å². The fourth-order valence-electron chi connectivity index (χ4n) is 0.700. The van der Waals surface area contributed by atoms with E-state index in [9.17, 15) is 13.2 Å². The quantitative estimate of drug-likeness (QED) is 0.557. The first-order chi connectivity index (χ1) is 4.63. The van der Waals surface area contributed by atoms with Gasteiger partial charge in [-0.2, -0.15) is 0 Å². The van der Waals surface area contributed by atoms with Gasteiger partial charge in [-0.15, -0.1) is 0 Å². The van der Waals surface area contributed by atoms with Gasteiger partial charge in [0, 0.05) is 0 Å². The maximum Gasteiger partial charge on any atom is 0.191 e. The second-order valence-corrected chi connectivity index (χ2v) is 2.06. The summed E-state index contributed by atoms with van der Waals surface area (Å²) in [4.78, 5) is 0. The summed E-state index contributed by atoms with van der Waals surface area (Å²) in [6.45, 7) is 0. The molecule has 4 heteroatoms. The standard InChI is InChI=1S/C6H6F3N/c7-3-1-2-4(10)6(9)5(3)8/h1,4H,2,10H2. The Morgan fingerprint density at radius 1 is 1.40 bits per heavy atom. The van der Waals surface area contributed by atoms with Crippen molar-refractivity contribution in [1.82, 2.24) is 0 Å². The molecule has 0 aromatic heterocycles. The molecule has 0 radical (unpaired) electrons. The lowest BCUT2D eigenvalue weighted by atomic mass is 10.1. The smallest absolute Gasteiger partial charge is 0.191 e. The average molecular weight is 149 g/mol. The Bertz CT molecular complexity index is 207. The SMILES string of the molecule is NC1CC=C(F)C(F)=C1F. The van der Waals surface area contributed by atoms with Gasteiger partial charge in [0.05, 0.1) is 6.04 Å². The largest absolute Gasteiger partial charge is 0.322 e. The van der Waals surface area contributed by atoms with Gasteiger partial charge in [-0.3, -0.25) is 0 Å². The molecule has 1 unspecified atom stereocenters. The predicted octanol–water partition coefficient (Wildman–Crippen LogP) is 1.72. The highest BCUT2D eigenvalue weighted by Crippen LogP contribution is 2.26. The van der Waals surface area contributed by atoms with Crippen molar-refractivity contribution in [3.8, 4) is 0 Å². The highest BCUT2D eigenvalue weighted by Gasteiger charge is 2.22. The third kappa shape index (κ3) is 1.07. The zero-order valence-electron chi connectivity index (χ0n) is 5.07. The normalized spacial score (nSPS) is 26.8. The van der Waals surface area contributed by atoms with Crippen molar-refractivity contribution in [3.05, 3.63) is 23.6 Å². The van der Waals surface area contributed by atoms with Crippen LogP contribution in [0.4, 0.5) is 13.2 Å². The van der Waals surface area contributed by atoms with E-state index in [2.05, 4.69) is 0 Å². The van der Waals surface area contributed by atoms with Crippen LogP contribution in [-0.4, -0.2) is 6.04 Å². The molecular formula is C6H6F3N. The molecule has 0 aromatic rings. The monoisotopic (exact) mass is 149 g/mol. The van der Waals surface area contributed by atoms with E-state index in [1.165, 1.54) is 0 Å². The van der Waals surface area contributed by atoms with Crippen molar-refractivity contribution < 1.29 is 13.2 Å². The Balaban J connectivity index is 2.94. The summed E-state index contributed by atoms with van der Waals surface area (Å²) in [5.74, 6) is -3.81. The lowest BCUT2D eigenvalue weighted by Crippen LogP contribution is -2.22. The summed E-state index contributed by atoms with van der Waals surface area (Å²) in [5.41, 5.74) is 5.05. The minimum atomic E-state index is -1.46. The van der Waals surface area contributed by atoms with E-state index in [0.29, 0.717) is 0 Å². The molecule has 0 saturated heterocycles. The summed E-state index contributed by atoms with van der Waals surface area (Å²) in [6, 6.07) is -1.01. The molecule has 1 nitrogen and oxygen atoms in total. The zero-order chi connectivity index (χ0) is 7.72. The molecule has 56 valence electrons. The van der Waals surface area contributed by atoms with Crippen molar-refractivity contribution in [2.45, 2.75) is 12.5 Å². The Kier molecular flexibility index (Phi) is 1.80. The van der Waals surface area contributed by atoms with Crippen LogP contribution in [0.1, 0.15) is 6.42 Å². The van der Waals surface area contributed by atoms with Crippen LogP contribution in [0.2, 0.25) is 0 Å². The molecular weight excluding hydrogens is 143 g/mol. The van der Waals surface area contributed by atoms with Crippen molar-refractivity contribution >= 4 is 0 Å². The molecule has 1 atom stereocenters. The molecule has 0 spiro atoms. The topological polar surface area (TPSA) is 26.0 Å². The second kappa shape index (κ2) is 2.46. The molecule has 0 fully saturated rings. The van der Waals surface area contributed by atoms with E-state index in [-0.39, 0.29) is 6.42 Å².